The highest BCUT2D eigenvalue weighted by molar-refractivity contribution is 5.77. The van der Waals surface area contributed by atoms with E-state index in [1.807, 2.05) is 13.8 Å². The average molecular weight is 266 g/mol. The molecule has 0 spiro atoms. The minimum absolute atomic E-state index is 0.0130. The van der Waals surface area contributed by atoms with Crippen LogP contribution in [0.3, 0.4) is 0 Å². The van der Waals surface area contributed by atoms with E-state index in [4.69, 9.17) is 0 Å². The van der Waals surface area contributed by atoms with Crippen LogP contribution in [-0.2, 0) is 4.79 Å². The van der Waals surface area contributed by atoms with Crippen molar-refractivity contribution in [2.75, 3.05) is 13.1 Å². The van der Waals surface area contributed by atoms with E-state index in [1.54, 1.807) is 12.1 Å². The Morgan fingerprint density at radius 1 is 1.21 bits per heavy atom. The molecular weight excluding hydrogens is 243 g/mol. The Bertz CT molecular complexity index is 390. The van der Waals surface area contributed by atoms with Crippen LogP contribution in [-0.4, -0.2) is 19.0 Å². The maximum Gasteiger partial charge on any atom is 0.222 e. The van der Waals surface area contributed by atoms with Gasteiger partial charge in [0.05, 0.1) is 0 Å². The molecule has 1 aromatic carbocycles. The molecule has 4 heteroatoms. The van der Waals surface area contributed by atoms with Crippen LogP contribution in [0, 0.1) is 11.7 Å². The summed E-state index contributed by atoms with van der Waals surface area (Å²) >= 11 is 0. The lowest BCUT2D eigenvalue weighted by Gasteiger charge is -2.18. The Kier molecular flexibility index (Phi) is 6.50. The van der Waals surface area contributed by atoms with Crippen LogP contribution in [0.1, 0.15) is 38.8 Å². The second-order valence-electron chi connectivity index (χ2n) is 4.91. The number of carbonyl (C=O) groups excluding carboxylic acids is 1. The molecule has 0 heterocycles. The molecule has 2 N–H and O–H groups in total. The molecule has 1 unspecified atom stereocenters. The summed E-state index contributed by atoms with van der Waals surface area (Å²) in [6.45, 7) is 7.13. The van der Waals surface area contributed by atoms with Gasteiger partial charge in [0, 0.05) is 25.0 Å². The topological polar surface area (TPSA) is 41.1 Å². The Morgan fingerprint density at radius 2 is 1.84 bits per heavy atom. The zero-order chi connectivity index (χ0) is 14.3. The zero-order valence-corrected chi connectivity index (χ0v) is 11.9. The van der Waals surface area contributed by atoms with Gasteiger partial charge in [0.25, 0.3) is 0 Å². The van der Waals surface area contributed by atoms with E-state index in [9.17, 15) is 9.18 Å². The molecule has 0 saturated carbocycles. The van der Waals surface area contributed by atoms with Gasteiger partial charge in [-0.3, -0.25) is 4.79 Å². The fraction of sp³-hybridized carbons (Fsp3) is 0.533. The van der Waals surface area contributed by atoms with Crippen molar-refractivity contribution in [3.8, 4) is 0 Å². The van der Waals surface area contributed by atoms with Crippen LogP contribution in [0.2, 0.25) is 0 Å². The van der Waals surface area contributed by atoms with Crippen molar-refractivity contribution >= 4 is 5.91 Å². The fourth-order valence-corrected chi connectivity index (χ4v) is 1.83. The molecule has 0 bridgehead atoms. The van der Waals surface area contributed by atoms with Crippen molar-refractivity contribution in [2.24, 2.45) is 5.92 Å². The van der Waals surface area contributed by atoms with Gasteiger partial charge in [-0.2, -0.15) is 0 Å². The maximum absolute atomic E-state index is 12.9. The average Bonchev–Trinajstić information content (AvgIpc) is 2.40. The number of nitrogens with one attached hydrogen (secondary N) is 2. The van der Waals surface area contributed by atoms with E-state index >= 15 is 0 Å². The van der Waals surface area contributed by atoms with Crippen molar-refractivity contribution in [1.29, 1.82) is 0 Å². The molecule has 0 fully saturated rings. The smallest absolute Gasteiger partial charge is 0.222 e. The summed E-state index contributed by atoms with van der Waals surface area (Å²) in [6, 6.07) is 6.73. The van der Waals surface area contributed by atoms with E-state index in [0.29, 0.717) is 13.1 Å². The Hall–Kier alpha value is -1.42. The van der Waals surface area contributed by atoms with E-state index < -0.39 is 0 Å². The third-order valence-corrected chi connectivity index (χ3v) is 3.02. The lowest BCUT2D eigenvalue weighted by Crippen LogP contribution is -2.35. The standard InChI is InChI=1S/C15H23FN2O/c1-4-14(12-5-7-13(16)8-6-12)17-9-10-18-15(19)11(2)3/h5-8,11,14,17H,4,9-10H2,1-3H3,(H,18,19). The normalized spacial score (nSPS) is 12.5. The molecule has 0 radical (unpaired) electrons. The number of amides is 1. The summed E-state index contributed by atoms with van der Waals surface area (Å²) in [7, 11) is 0. The summed E-state index contributed by atoms with van der Waals surface area (Å²) in [5, 5.41) is 6.22. The highest BCUT2D eigenvalue weighted by Crippen LogP contribution is 2.16. The maximum atomic E-state index is 12.9. The predicted octanol–water partition coefficient (Wildman–Crippen LogP) is 2.64. The van der Waals surface area contributed by atoms with E-state index in [1.165, 1.54) is 12.1 Å². The first kappa shape index (κ1) is 15.6. The van der Waals surface area contributed by atoms with Gasteiger partial charge in [0.1, 0.15) is 5.82 Å². The van der Waals surface area contributed by atoms with E-state index in [-0.39, 0.29) is 23.7 Å². The van der Waals surface area contributed by atoms with Gasteiger partial charge in [0.15, 0.2) is 0 Å². The molecule has 1 rings (SSSR count). The number of benzene rings is 1. The zero-order valence-electron chi connectivity index (χ0n) is 11.9. The van der Waals surface area contributed by atoms with Crippen LogP contribution in [0.4, 0.5) is 4.39 Å². The largest absolute Gasteiger partial charge is 0.355 e. The van der Waals surface area contributed by atoms with Crippen molar-refractivity contribution in [2.45, 2.75) is 33.2 Å². The van der Waals surface area contributed by atoms with Gasteiger partial charge in [0.2, 0.25) is 5.91 Å². The molecule has 0 aromatic heterocycles. The third-order valence-electron chi connectivity index (χ3n) is 3.02. The molecule has 0 aliphatic heterocycles. The van der Waals surface area contributed by atoms with Crippen molar-refractivity contribution in [3.63, 3.8) is 0 Å². The summed E-state index contributed by atoms with van der Waals surface area (Å²) in [6.07, 6.45) is 0.920. The number of hydrogen-bond acceptors (Lipinski definition) is 2. The van der Waals surface area contributed by atoms with Gasteiger partial charge in [-0.15, -0.1) is 0 Å². The molecule has 0 aliphatic rings. The quantitative estimate of drug-likeness (QED) is 0.745. The first-order valence-electron chi connectivity index (χ1n) is 6.81. The molecule has 106 valence electrons. The molecule has 1 amide bonds. The number of halogens is 1. The second kappa shape index (κ2) is 7.89. The molecule has 0 saturated heterocycles. The summed E-state index contributed by atoms with van der Waals surface area (Å²) in [5.41, 5.74) is 1.07. The molecular formula is C15H23FN2O. The van der Waals surface area contributed by atoms with Crippen molar-refractivity contribution in [3.05, 3.63) is 35.6 Å². The number of hydrogen-bond donors (Lipinski definition) is 2. The number of rotatable bonds is 7. The minimum Gasteiger partial charge on any atom is -0.355 e. The van der Waals surface area contributed by atoms with Crippen LogP contribution >= 0.6 is 0 Å². The molecule has 19 heavy (non-hydrogen) atoms. The van der Waals surface area contributed by atoms with Crippen LogP contribution < -0.4 is 10.6 Å². The lowest BCUT2D eigenvalue weighted by molar-refractivity contribution is -0.123. The fourth-order valence-electron chi connectivity index (χ4n) is 1.83. The van der Waals surface area contributed by atoms with Crippen molar-refractivity contribution in [1.82, 2.24) is 10.6 Å². The Balaban J connectivity index is 2.37. The first-order valence-corrected chi connectivity index (χ1v) is 6.81. The van der Waals surface area contributed by atoms with E-state index in [0.717, 1.165) is 12.0 Å². The monoisotopic (exact) mass is 266 g/mol. The first-order chi connectivity index (χ1) is 9.04. The van der Waals surface area contributed by atoms with Gasteiger partial charge in [-0.05, 0) is 24.1 Å². The van der Waals surface area contributed by atoms with Gasteiger partial charge < -0.3 is 10.6 Å². The molecule has 1 atom stereocenters. The predicted molar refractivity (Wildman–Crippen MR) is 75.3 cm³/mol. The highest BCUT2D eigenvalue weighted by atomic mass is 19.1. The molecule has 0 aliphatic carbocycles. The van der Waals surface area contributed by atoms with Crippen LogP contribution in [0.15, 0.2) is 24.3 Å². The van der Waals surface area contributed by atoms with E-state index in [2.05, 4.69) is 17.6 Å². The third kappa shape index (κ3) is 5.39. The van der Waals surface area contributed by atoms with Gasteiger partial charge in [-0.25, -0.2) is 4.39 Å². The summed E-state index contributed by atoms with van der Waals surface area (Å²) in [4.78, 5) is 11.4. The Morgan fingerprint density at radius 3 is 2.37 bits per heavy atom. The molecule has 3 nitrogen and oxygen atoms in total. The lowest BCUT2D eigenvalue weighted by atomic mass is 10.0. The minimum atomic E-state index is -0.220. The second-order valence-corrected chi connectivity index (χ2v) is 4.91. The summed E-state index contributed by atoms with van der Waals surface area (Å²) < 4.78 is 12.9. The highest BCUT2D eigenvalue weighted by Gasteiger charge is 2.09. The molecule has 1 aromatic rings. The van der Waals surface area contributed by atoms with Crippen LogP contribution in [0.5, 0.6) is 0 Å². The van der Waals surface area contributed by atoms with Crippen molar-refractivity contribution < 1.29 is 9.18 Å². The summed E-state index contributed by atoms with van der Waals surface area (Å²) in [5.74, 6) is -0.140. The number of carbonyl (C=O) groups is 1. The van der Waals surface area contributed by atoms with Crippen LogP contribution in [0.25, 0.3) is 0 Å². The van der Waals surface area contributed by atoms with Gasteiger partial charge >= 0.3 is 0 Å². The Labute approximate surface area is 114 Å². The van der Waals surface area contributed by atoms with Gasteiger partial charge in [-0.1, -0.05) is 32.9 Å². The SMILES string of the molecule is CCC(NCCNC(=O)C(C)C)c1ccc(F)cc1.